The van der Waals surface area contributed by atoms with Gasteiger partial charge in [-0.25, -0.2) is 0 Å². The van der Waals surface area contributed by atoms with Crippen molar-refractivity contribution in [1.82, 2.24) is 4.90 Å². The van der Waals surface area contributed by atoms with Crippen LogP contribution in [0.15, 0.2) is 48.5 Å². The van der Waals surface area contributed by atoms with Gasteiger partial charge in [0.1, 0.15) is 11.6 Å². The molecule has 1 amide bonds. The van der Waals surface area contributed by atoms with E-state index in [1.165, 1.54) is 0 Å². The van der Waals surface area contributed by atoms with E-state index in [0.29, 0.717) is 18.7 Å². The Balaban J connectivity index is 1.49. The summed E-state index contributed by atoms with van der Waals surface area (Å²) in [5.41, 5.74) is 2.53. The van der Waals surface area contributed by atoms with Crippen molar-refractivity contribution in [1.29, 1.82) is 0 Å². The van der Waals surface area contributed by atoms with Crippen LogP contribution in [-0.4, -0.2) is 63.8 Å². The number of hydrogen-bond acceptors (Lipinski definition) is 8. The van der Waals surface area contributed by atoms with Gasteiger partial charge in [0.15, 0.2) is 6.29 Å². The molecule has 2 aliphatic heterocycles. The van der Waals surface area contributed by atoms with E-state index in [4.69, 9.17) is 19.3 Å². The van der Waals surface area contributed by atoms with Crippen LogP contribution >= 0.6 is 0 Å². The van der Waals surface area contributed by atoms with E-state index in [0.717, 1.165) is 36.1 Å². The van der Waals surface area contributed by atoms with Crippen molar-refractivity contribution in [3.63, 3.8) is 0 Å². The Labute approximate surface area is 240 Å². The van der Waals surface area contributed by atoms with Crippen molar-refractivity contribution in [2.45, 2.75) is 89.6 Å². The Morgan fingerprint density at radius 3 is 2.32 bits per heavy atom. The summed E-state index contributed by atoms with van der Waals surface area (Å²) in [7, 11) is 0. The Morgan fingerprint density at radius 2 is 1.68 bits per heavy atom. The predicted molar refractivity (Wildman–Crippen MR) is 151 cm³/mol. The summed E-state index contributed by atoms with van der Waals surface area (Å²) < 4.78 is 18.5. The third kappa shape index (κ3) is 8.84. The molecular weight excluding hydrogens is 528 g/mol. The Bertz CT molecular complexity index is 1190. The van der Waals surface area contributed by atoms with Gasteiger partial charge in [-0.15, -0.1) is 0 Å². The number of carbonyl (C=O) groups excluding carboxylic acids is 2. The Morgan fingerprint density at radius 1 is 1.00 bits per heavy atom. The van der Waals surface area contributed by atoms with E-state index < -0.39 is 17.9 Å². The molecule has 0 aliphatic carbocycles. The number of esters is 1. The number of aliphatic hydroxyl groups excluding tert-OH is 1. The monoisotopic (exact) mass is 568 g/mol. The molecular formula is C31H40N2O8. The number of nitrogens with one attached hydrogen (secondary N) is 1. The minimum absolute atomic E-state index is 0.0413. The molecule has 2 fully saturated rings. The van der Waals surface area contributed by atoms with Gasteiger partial charge in [0.2, 0.25) is 5.91 Å². The molecule has 2 aromatic rings. The van der Waals surface area contributed by atoms with Gasteiger partial charge < -0.3 is 29.7 Å². The summed E-state index contributed by atoms with van der Waals surface area (Å²) in [6.07, 6.45) is 0.710. The minimum atomic E-state index is -1.02. The molecule has 2 heterocycles. The van der Waals surface area contributed by atoms with Crippen LogP contribution in [0.25, 0.3) is 0 Å². The summed E-state index contributed by atoms with van der Waals surface area (Å²) >= 11 is 0. The molecule has 41 heavy (non-hydrogen) atoms. The highest BCUT2D eigenvalue weighted by molar-refractivity contribution is 5.92. The van der Waals surface area contributed by atoms with Crippen LogP contribution in [0.4, 0.5) is 5.69 Å². The van der Waals surface area contributed by atoms with Crippen LogP contribution in [-0.2, 0) is 35.2 Å². The lowest BCUT2D eigenvalue weighted by Gasteiger charge is -2.38. The van der Waals surface area contributed by atoms with Crippen molar-refractivity contribution in [3.05, 3.63) is 65.2 Å². The van der Waals surface area contributed by atoms with Crippen LogP contribution in [0.3, 0.4) is 0 Å². The van der Waals surface area contributed by atoms with E-state index in [1.54, 1.807) is 12.1 Å². The maximum atomic E-state index is 12.9. The number of aliphatic carboxylic acids is 1. The molecule has 2 aromatic carbocycles. The number of anilines is 1. The number of benzene rings is 2. The molecule has 0 unspecified atom stereocenters. The summed E-state index contributed by atoms with van der Waals surface area (Å²) in [5, 5.41) is 21.0. The number of carboxylic acid groups (broad SMARTS) is 1. The van der Waals surface area contributed by atoms with Crippen LogP contribution in [0.1, 0.15) is 82.0 Å². The fourth-order valence-corrected chi connectivity index (χ4v) is 5.14. The first-order valence-electron chi connectivity index (χ1n) is 14.1. The van der Waals surface area contributed by atoms with E-state index in [-0.39, 0.29) is 49.6 Å². The van der Waals surface area contributed by atoms with Crippen molar-refractivity contribution in [3.8, 4) is 0 Å². The fraction of sp³-hybridized carbons (Fsp3) is 0.516. The second-order valence-corrected chi connectivity index (χ2v) is 11.6. The van der Waals surface area contributed by atoms with Crippen LogP contribution in [0.2, 0.25) is 0 Å². The number of rotatable bonds is 10. The maximum Gasteiger partial charge on any atom is 0.323 e. The zero-order valence-electron chi connectivity index (χ0n) is 23.9. The van der Waals surface area contributed by atoms with Gasteiger partial charge >= 0.3 is 11.9 Å². The number of likely N-dealkylation sites (tertiary alicyclic amines) is 1. The van der Waals surface area contributed by atoms with Crippen LogP contribution < -0.4 is 5.32 Å². The lowest BCUT2D eigenvalue weighted by molar-refractivity contribution is -0.253. The van der Waals surface area contributed by atoms with Crippen molar-refractivity contribution in [2.75, 3.05) is 18.4 Å². The van der Waals surface area contributed by atoms with Gasteiger partial charge in [0, 0.05) is 30.6 Å². The molecule has 0 radical (unpaired) electrons. The number of carboxylic acids is 1. The van der Waals surface area contributed by atoms with Crippen LogP contribution in [0, 0.1) is 0 Å². The van der Waals surface area contributed by atoms with Crippen molar-refractivity contribution >= 4 is 23.5 Å². The number of amides is 1. The standard InChI is InChI=1S/C31H40N2O8/c1-31(2,3)41-29(38)25-5-4-16-33(25)18-24-17-26(21-8-6-20(19-34)7-9-21)40-30(39-24)22-10-12-23(13-11-22)32-27(35)14-15-28(36)37/h6-13,24-26,30,34H,4-5,14-19H2,1-3H3,(H,32,35)(H,36,37)/t24-,25+,26+,30+/m1/s1. The third-order valence-electron chi connectivity index (χ3n) is 7.13. The van der Waals surface area contributed by atoms with Gasteiger partial charge in [0.25, 0.3) is 0 Å². The van der Waals surface area contributed by atoms with Gasteiger partial charge in [-0.2, -0.15) is 0 Å². The lowest BCUT2D eigenvalue weighted by atomic mass is 9.99. The van der Waals surface area contributed by atoms with Gasteiger partial charge in [-0.05, 0) is 63.4 Å². The molecule has 2 aliphatic rings. The van der Waals surface area contributed by atoms with Crippen LogP contribution in [0.5, 0.6) is 0 Å². The molecule has 0 saturated carbocycles. The third-order valence-corrected chi connectivity index (χ3v) is 7.13. The molecule has 0 aromatic heterocycles. The normalized spacial score (nSPS) is 23.2. The van der Waals surface area contributed by atoms with Gasteiger partial charge in [-0.1, -0.05) is 36.4 Å². The summed E-state index contributed by atoms with van der Waals surface area (Å²) in [6, 6.07) is 14.4. The first-order valence-corrected chi connectivity index (χ1v) is 14.1. The molecule has 2 saturated heterocycles. The molecule has 10 heteroatoms. The Kier molecular flexibility index (Phi) is 10.1. The second kappa shape index (κ2) is 13.6. The van der Waals surface area contributed by atoms with Gasteiger partial charge in [0.05, 0.1) is 25.2 Å². The van der Waals surface area contributed by atoms with Gasteiger partial charge in [-0.3, -0.25) is 19.3 Å². The largest absolute Gasteiger partial charge is 0.481 e. The topological polar surface area (TPSA) is 135 Å². The lowest BCUT2D eigenvalue weighted by Crippen LogP contribution is -2.45. The van der Waals surface area contributed by atoms with E-state index in [9.17, 15) is 19.5 Å². The number of nitrogens with zero attached hydrogens (tertiary/aromatic N) is 1. The van der Waals surface area contributed by atoms with Crippen molar-refractivity contribution in [2.24, 2.45) is 0 Å². The number of hydrogen-bond donors (Lipinski definition) is 3. The highest BCUT2D eigenvalue weighted by atomic mass is 16.7. The molecule has 3 N–H and O–H groups in total. The first-order chi connectivity index (χ1) is 19.5. The fourth-order valence-electron chi connectivity index (χ4n) is 5.14. The molecule has 10 nitrogen and oxygen atoms in total. The van der Waals surface area contributed by atoms with E-state index in [2.05, 4.69) is 10.2 Å². The average Bonchev–Trinajstić information content (AvgIpc) is 3.39. The number of carbonyl (C=O) groups is 3. The molecule has 0 spiro atoms. The highest BCUT2D eigenvalue weighted by Gasteiger charge is 2.38. The quantitative estimate of drug-likeness (QED) is 0.358. The maximum absolute atomic E-state index is 12.9. The molecule has 4 rings (SSSR count). The Hall–Kier alpha value is -3.31. The molecule has 222 valence electrons. The second-order valence-electron chi connectivity index (χ2n) is 11.6. The first kappa shape index (κ1) is 30.6. The zero-order valence-corrected chi connectivity index (χ0v) is 23.9. The molecule has 0 bridgehead atoms. The summed E-state index contributed by atoms with van der Waals surface area (Å²) in [5.74, 6) is -1.61. The summed E-state index contributed by atoms with van der Waals surface area (Å²) in [6.45, 7) is 6.90. The summed E-state index contributed by atoms with van der Waals surface area (Å²) in [4.78, 5) is 37.8. The smallest absolute Gasteiger partial charge is 0.323 e. The predicted octanol–water partition coefficient (Wildman–Crippen LogP) is 4.33. The number of aliphatic hydroxyl groups is 1. The zero-order chi connectivity index (χ0) is 29.6. The number of ether oxygens (including phenoxy) is 3. The van der Waals surface area contributed by atoms with E-state index in [1.807, 2.05) is 57.2 Å². The average molecular weight is 569 g/mol. The van der Waals surface area contributed by atoms with Crippen molar-refractivity contribution < 1.29 is 38.8 Å². The van der Waals surface area contributed by atoms with E-state index >= 15 is 0 Å². The SMILES string of the molecule is CC(C)(C)OC(=O)[C@@H]1CCCN1C[C@H]1C[C@@H](c2ccc(CO)cc2)O[C@@H](c2ccc(NC(=O)CCC(=O)O)cc2)O1. The molecule has 4 atom stereocenters. The highest BCUT2D eigenvalue weighted by Crippen LogP contribution is 2.39. The minimum Gasteiger partial charge on any atom is -0.481 e.